The summed E-state index contributed by atoms with van der Waals surface area (Å²) in [5, 5.41) is 2.22. The molecule has 1 fully saturated rings. The Morgan fingerprint density at radius 1 is 1.39 bits per heavy atom. The Bertz CT molecular complexity index is 1020. The molecular formula is C18H28FN4O9P. The van der Waals surface area contributed by atoms with Crippen LogP contribution in [0, 0.1) is 0 Å². The average molecular weight is 494 g/mol. The lowest BCUT2D eigenvalue weighted by Gasteiger charge is -2.27. The minimum Gasteiger partial charge on any atom is -0.462 e. The normalized spacial score (nSPS) is 26.7. The number of esters is 2. The summed E-state index contributed by atoms with van der Waals surface area (Å²) in [6.07, 6.45) is -3.95. The van der Waals surface area contributed by atoms with Crippen LogP contribution in [-0.4, -0.2) is 58.6 Å². The lowest BCUT2D eigenvalue weighted by Crippen LogP contribution is -2.46. The molecule has 4 N–H and O–H groups in total. The smallest absolute Gasteiger partial charge is 0.338 e. The molecule has 186 valence electrons. The lowest BCUT2D eigenvalue weighted by molar-refractivity contribution is -0.157. The van der Waals surface area contributed by atoms with E-state index in [1.807, 2.05) is 4.98 Å². The quantitative estimate of drug-likeness (QED) is 0.297. The monoisotopic (exact) mass is 494 g/mol. The highest BCUT2D eigenvalue weighted by molar-refractivity contribution is 7.54. The minimum atomic E-state index is -4.07. The predicted octanol–water partition coefficient (Wildman–Crippen LogP) is 0.109. The van der Waals surface area contributed by atoms with Crippen LogP contribution >= 0.6 is 7.67 Å². The van der Waals surface area contributed by atoms with Gasteiger partial charge in [0.2, 0.25) is 0 Å². The maximum atomic E-state index is 15.8. The summed E-state index contributed by atoms with van der Waals surface area (Å²) in [4.78, 5) is 48.9. The molecular weight excluding hydrogens is 466 g/mol. The number of halogens is 1. The number of nitrogens with two attached hydrogens (primary N) is 1. The molecule has 33 heavy (non-hydrogen) atoms. The van der Waals surface area contributed by atoms with Gasteiger partial charge < -0.3 is 18.7 Å². The molecule has 13 nitrogen and oxygen atoms in total. The molecule has 2 heterocycles. The third kappa shape index (κ3) is 7.05. The number of hydrogen-bond donors (Lipinski definition) is 3. The highest BCUT2D eigenvalue weighted by Crippen LogP contribution is 2.44. The van der Waals surface area contributed by atoms with Crippen molar-refractivity contribution in [3.05, 3.63) is 33.1 Å². The second-order valence-corrected chi connectivity index (χ2v) is 9.49. The van der Waals surface area contributed by atoms with E-state index in [1.54, 1.807) is 13.8 Å². The molecule has 1 aliphatic rings. The van der Waals surface area contributed by atoms with Crippen molar-refractivity contribution in [2.45, 2.75) is 64.3 Å². The SMILES string of the molecule is CCC(=O)OC1[C@@H](COP(N)(=O)NCC(=O)OC(C)C)O[C@@H](n2ccc(=O)[nH]c2=O)[C@@]1(C)F. The molecule has 1 aromatic heterocycles. The van der Waals surface area contributed by atoms with Crippen LogP contribution in [-0.2, 0) is 32.9 Å². The first kappa shape index (κ1) is 26.9. The summed E-state index contributed by atoms with van der Waals surface area (Å²) in [5.41, 5.74) is 1.46. The first-order valence-corrected chi connectivity index (χ1v) is 11.8. The van der Waals surface area contributed by atoms with Gasteiger partial charge in [-0.3, -0.25) is 28.5 Å². The van der Waals surface area contributed by atoms with Gasteiger partial charge in [-0.15, -0.1) is 0 Å². The van der Waals surface area contributed by atoms with Crippen LogP contribution < -0.4 is 21.8 Å². The van der Waals surface area contributed by atoms with Gasteiger partial charge in [-0.05, 0) is 20.8 Å². The predicted molar refractivity (Wildman–Crippen MR) is 112 cm³/mol. The Hall–Kier alpha value is -2.38. The molecule has 1 aromatic rings. The highest BCUT2D eigenvalue weighted by Gasteiger charge is 2.58. The summed E-state index contributed by atoms with van der Waals surface area (Å²) in [6.45, 7) is 4.67. The minimum absolute atomic E-state index is 0.0711. The molecule has 0 radical (unpaired) electrons. The van der Waals surface area contributed by atoms with E-state index >= 15 is 4.39 Å². The Morgan fingerprint density at radius 3 is 2.64 bits per heavy atom. The van der Waals surface area contributed by atoms with Crippen LogP contribution in [0.4, 0.5) is 4.39 Å². The van der Waals surface area contributed by atoms with Crippen LogP contribution in [0.25, 0.3) is 0 Å². The fourth-order valence-corrected chi connectivity index (χ4v) is 3.88. The van der Waals surface area contributed by atoms with Gasteiger partial charge in [0.25, 0.3) is 5.56 Å². The summed E-state index contributed by atoms with van der Waals surface area (Å²) in [7, 11) is -4.07. The molecule has 0 aliphatic carbocycles. The maximum Gasteiger partial charge on any atom is 0.338 e. The molecule has 0 saturated carbocycles. The van der Waals surface area contributed by atoms with Gasteiger partial charge in [0.1, 0.15) is 12.6 Å². The van der Waals surface area contributed by atoms with Crippen molar-refractivity contribution in [3.63, 3.8) is 0 Å². The van der Waals surface area contributed by atoms with Crippen molar-refractivity contribution >= 4 is 19.6 Å². The van der Waals surface area contributed by atoms with E-state index in [1.165, 1.54) is 6.92 Å². The average Bonchev–Trinajstić information content (AvgIpc) is 2.94. The number of carbonyl (C=O) groups is 2. The molecule has 5 atom stereocenters. The first-order valence-electron chi connectivity index (χ1n) is 10.1. The second kappa shape index (κ2) is 10.7. The van der Waals surface area contributed by atoms with Crippen LogP contribution in [0.1, 0.15) is 40.3 Å². The number of ether oxygens (including phenoxy) is 3. The lowest BCUT2D eigenvalue weighted by atomic mass is 9.98. The molecule has 0 amide bonds. The number of H-pyrrole nitrogens is 1. The molecule has 0 aromatic carbocycles. The van der Waals surface area contributed by atoms with Gasteiger partial charge >= 0.3 is 25.3 Å². The summed E-state index contributed by atoms with van der Waals surface area (Å²) in [6, 6.07) is 0.992. The van der Waals surface area contributed by atoms with Crippen molar-refractivity contribution in [2.24, 2.45) is 5.50 Å². The van der Waals surface area contributed by atoms with Crippen LogP contribution in [0.3, 0.4) is 0 Å². The maximum absolute atomic E-state index is 15.8. The van der Waals surface area contributed by atoms with E-state index in [9.17, 15) is 23.7 Å². The standard InChI is InChI=1S/C18H28FN4O9P/c1-5-13(25)32-15-11(9-29-33(20,28)21-8-14(26)30-10(2)3)31-16(18(15,4)19)23-7-6-12(24)22-17(23)27/h6-7,10-11,15-16H,5,8-9H2,1-4H3,(H3,20,21,28)(H,22,24,27)/t11-,15?,16-,18+,33?/m1/s1. The summed E-state index contributed by atoms with van der Waals surface area (Å²) in [5.74, 6) is -1.47. The van der Waals surface area contributed by atoms with Gasteiger partial charge in [0.05, 0.1) is 12.7 Å². The largest absolute Gasteiger partial charge is 0.462 e. The molecule has 1 aliphatic heterocycles. The Kier molecular flexibility index (Phi) is 8.71. The number of rotatable bonds is 10. The van der Waals surface area contributed by atoms with Crippen LogP contribution in [0.2, 0.25) is 0 Å². The van der Waals surface area contributed by atoms with Crippen LogP contribution in [0.15, 0.2) is 21.9 Å². The molecule has 0 spiro atoms. The number of hydrogen-bond acceptors (Lipinski definition) is 9. The van der Waals surface area contributed by atoms with Crippen molar-refractivity contribution in [2.75, 3.05) is 13.2 Å². The van der Waals surface area contributed by atoms with Gasteiger partial charge in [0, 0.05) is 18.7 Å². The number of nitrogens with one attached hydrogen (secondary N) is 2. The first-order chi connectivity index (χ1) is 15.3. The number of nitrogens with zero attached hydrogens (tertiary/aromatic N) is 1. The molecule has 0 bridgehead atoms. The summed E-state index contributed by atoms with van der Waals surface area (Å²) >= 11 is 0. The van der Waals surface area contributed by atoms with E-state index in [-0.39, 0.29) is 6.42 Å². The zero-order valence-corrected chi connectivity index (χ0v) is 19.5. The van der Waals surface area contributed by atoms with E-state index in [4.69, 9.17) is 24.2 Å². The number of aromatic amines is 1. The third-order valence-electron chi connectivity index (χ3n) is 4.57. The zero-order valence-electron chi connectivity index (χ0n) is 18.6. The topological polar surface area (TPSA) is 181 Å². The van der Waals surface area contributed by atoms with E-state index in [2.05, 4.69) is 5.09 Å². The Labute approximate surface area is 188 Å². The van der Waals surface area contributed by atoms with E-state index in [0.717, 1.165) is 23.8 Å². The van der Waals surface area contributed by atoms with E-state index in [0.29, 0.717) is 0 Å². The van der Waals surface area contributed by atoms with Crippen molar-refractivity contribution < 1.29 is 37.3 Å². The fourth-order valence-electron chi connectivity index (χ4n) is 3.08. The van der Waals surface area contributed by atoms with Gasteiger partial charge in [-0.2, -0.15) is 0 Å². The molecule has 2 unspecified atom stereocenters. The second-order valence-electron chi connectivity index (χ2n) is 7.73. The Morgan fingerprint density at radius 2 is 2.06 bits per heavy atom. The fraction of sp³-hybridized carbons (Fsp3) is 0.667. The molecule has 2 rings (SSSR count). The number of carbonyl (C=O) groups excluding carboxylic acids is 2. The Balaban J connectivity index is 2.19. The van der Waals surface area contributed by atoms with Crippen molar-refractivity contribution in [1.82, 2.24) is 14.6 Å². The van der Waals surface area contributed by atoms with Gasteiger partial charge in [-0.1, -0.05) is 6.92 Å². The highest BCUT2D eigenvalue weighted by atomic mass is 31.2. The number of aromatic nitrogens is 2. The van der Waals surface area contributed by atoms with Gasteiger partial charge in [0.15, 0.2) is 18.0 Å². The number of alkyl halides is 1. The van der Waals surface area contributed by atoms with Crippen molar-refractivity contribution in [3.8, 4) is 0 Å². The molecule has 15 heteroatoms. The molecule has 1 saturated heterocycles. The summed E-state index contributed by atoms with van der Waals surface area (Å²) < 4.78 is 49.8. The van der Waals surface area contributed by atoms with E-state index < -0.39 is 74.2 Å². The van der Waals surface area contributed by atoms with Crippen molar-refractivity contribution in [1.29, 1.82) is 0 Å². The zero-order chi connectivity index (χ0) is 25.0. The van der Waals surface area contributed by atoms with Crippen LogP contribution in [0.5, 0.6) is 0 Å². The third-order valence-corrected chi connectivity index (χ3v) is 5.70. The van der Waals surface area contributed by atoms with Gasteiger partial charge in [-0.25, -0.2) is 19.8 Å².